The molecule has 0 bridgehead atoms. The van der Waals surface area contributed by atoms with Crippen molar-refractivity contribution in [2.75, 3.05) is 13.1 Å². The summed E-state index contributed by atoms with van der Waals surface area (Å²) in [5, 5.41) is 5.06. The molecule has 1 aliphatic rings. The fourth-order valence-corrected chi connectivity index (χ4v) is 3.21. The van der Waals surface area contributed by atoms with Crippen molar-refractivity contribution in [3.05, 3.63) is 40.3 Å². The van der Waals surface area contributed by atoms with Gasteiger partial charge in [-0.25, -0.2) is 9.48 Å². The lowest BCUT2D eigenvalue weighted by atomic mass is 10.1. The molecule has 1 atom stereocenters. The van der Waals surface area contributed by atoms with Crippen LogP contribution in [0, 0.1) is 0 Å². The van der Waals surface area contributed by atoms with Crippen molar-refractivity contribution in [1.82, 2.24) is 14.7 Å². The number of carbonyl (C=O) groups excluding carboxylic acids is 2. The molecular formula is C19H23N3O4. The number of rotatable bonds is 5. The Morgan fingerprint density at radius 3 is 2.50 bits per heavy atom. The maximum atomic E-state index is 12.7. The van der Waals surface area contributed by atoms with Gasteiger partial charge in [-0.1, -0.05) is 25.1 Å². The maximum Gasteiger partial charge on any atom is 0.360 e. The summed E-state index contributed by atoms with van der Waals surface area (Å²) in [7, 11) is 0. The van der Waals surface area contributed by atoms with Crippen LogP contribution in [0.2, 0.25) is 0 Å². The number of carbonyl (C=O) groups is 2. The second-order valence-corrected chi connectivity index (χ2v) is 6.50. The smallest absolute Gasteiger partial charge is 0.360 e. The fourth-order valence-electron chi connectivity index (χ4n) is 3.21. The van der Waals surface area contributed by atoms with Gasteiger partial charge in [0.15, 0.2) is 11.8 Å². The van der Waals surface area contributed by atoms with Gasteiger partial charge in [-0.2, -0.15) is 5.10 Å². The van der Waals surface area contributed by atoms with Gasteiger partial charge < -0.3 is 9.64 Å². The minimum atomic E-state index is -0.882. The van der Waals surface area contributed by atoms with E-state index in [9.17, 15) is 14.4 Å². The van der Waals surface area contributed by atoms with Crippen LogP contribution in [0.5, 0.6) is 0 Å². The number of fused-ring (bicyclic) bond motifs is 1. The fraction of sp³-hybridized carbons (Fsp3) is 0.474. The topological polar surface area (TPSA) is 81.5 Å². The van der Waals surface area contributed by atoms with Crippen molar-refractivity contribution >= 4 is 22.6 Å². The Morgan fingerprint density at radius 1 is 1.19 bits per heavy atom. The highest BCUT2D eigenvalue weighted by Crippen LogP contribution is 2.16. The number of aryl methyl sites for hydroxylation is 1. The predicted molar refractivity (Wildman–Crippen MR) is 97.0 cm³/mol. The molecule has 1 aromatic carbocycles. The lowest BCUT2D eigenvalue weighted by Crippen LogP contribution is -2.38. The van der Waals surface area contributed by atoms with Gasteiger partial charge in [-0.3, -0.25) is 9.59 Å². The zero-order chi connectivity index (χ0) is 18.7. The summed E-state index contributed by atoms with van der Waals surface area (Å²) in [5.41, 5.74) is -0.171. The number of aromatic nitrogens is 2. The third-order valence-corrected chi connectivity index (χ3v) is 4.55. The third kappa shape index (κ3) is 3.47. The average molecular weight is 357 g/mol. The second kappa shape index (κ2) is 7.68. The minimum Gasteiger partial charge on any atom is -0.448 e. The van der Waals surface area contributed by atoms with E-state index in [-0.39, 0.29) is 17.2 Å². The average Bonchev–Trinajstić information content (AvgIpc) is 3.18. The first kappa shape index (κ1) is 18.1. The monoisotopic (exact) mass is 357 g/mol. The van der Waals surface area contributed by atoms with Crippen LogP contribution in [0.25, 0.3) is 10.8 Å². The van der Waals surface area contributed by atoms with Crippen molar-refractivity contribution < 1.29 is 14.3 Å². The number of esters is 1. The summed E-state index contributed by atoms with van der Waals surface area (Å²) >= 11 is 0. The molecule has 7 heteroatoms. The van der Waals surface area contributed by atoms with Crippen LogP contribution in [-0.4, -0.2) is 45.8 Å². The third-order valence-electron chi connectivity index (χ3n) is 4.55. The molecule has 7 nitrogen and oxygen atoms in total. The Kier molecular flexibility index (Phi) is 5.35. The molecule has 0 aliphatic carbocycles. The van der Waals surface area contributed by atoms with Crippen LogP contribution in [0.1, 0.15) is 43.6 Å². The minimum absolute atomic E-state index is 0.0646. The molecule has 0 saturated carbocycles. The van der Waals surface area contributed by atoms with E-state index in [1.165, 1.54) is 4.68 Å². The van der Waals surface area contributed by atoms with Crippen LogP contribution < -0.4 is 5.56 Å². The first-order valence-corrected chi connectivity index (χ1v) is 9.02. The summed E-state index contributed by atoms with van der Waals surface area (Å²) in [5.74, 6) is -0.881. The van der Waals surface area contributed by atoms with Crippen LogP contribution in [-0.2, 0) is 16.1 Å². The Morgan fingerprint density at radius 2 is 1.85 bits per heavy atom. The highest BCUT2D eigenvalue weighted by molar-refractivity contribution is 6.02. The number of hydrogen-bond donors (Lipinski definition) is 0. The summed E-state index contributed by atoms with van der Waals surface area (Å²) in [6.45, 7) is 5.31. The zero-order valence-electron chi connectivity index (χ0n) is 15.1. The largest absolute Gasteiger partial charge is 0.448 e. The van der Waals surface area contributed by atoms with Crippen molar-refractivity contribution in [1.29, 1.82) is 0 Å². The lowest BCUT2D eigenvalue weighted by molar-refractivity contribution is -0.138. The molecule has 1 saturated heterocycles. The molecule has 1 aromatic heterocycles. The normalized spacial score (nSPS) is 15.2. The second-order valence-electron chi connectivity index (χ2n) is 6.50. The van der Waals surface area contributed by atoms with E-state index in [4.69, 9.17) is 4.74 Å². The van der Waals surface area contributed by atoms with Crippen molar-refractivity contribution in [3.8, 4) is 0 Å². The molecule has 0 spiro atoms. The molecule has 1 amide bonds. The molecule has 2 heterocycles. The Bertz CT molecular complexity index is 884. The van der Waals surface area contributed by atoms with Gasteiger partial charge in [-0.05, 0) is 32.3 Å². The van der Waals surface area contributed by atoms with E-state index >= 15 is 0 Å². The molecule has 138 valence electrons. The number of hydrogen-bond acceptors (Lipinski definition) is 5. The van der Waals surface area contributed by atoms with E-state index in [1.807, 2.05) is 6.92 Å². The van der Waals surface area contributed by atoms with Crippen molar-refractivity contribution in [2.24, 2.45) is 0 Å². The van der Waals surface area contributed by atoms with E-state index < -0.39 is 12.1 Å². The van der Waals surface area contributed by atoms with Gasteiger partial charge in [0, 0.05) is 25.0 Å². The Balaban J connectivity index is 1.91. The number of amides is 1. The molecule has 0 N–H and O–H groups in total. The molecule has 26 heavy (non-hydrogen) atoms. The van der Waals surface area contributed by atoms with Crippen molar-refractivity contribution in [2.45, 2.75) is 45.8 Å². The number of nitrogens with zero attached hydrogens (tertiary/aromatic N) is 3. The van der Waals surface area contributed by atoms with E-state index in [0.29, 0.717) is 36.8 Å². The van der Waals surface area contributed by atoms with Gasteiger partial charge in [0.1, 0.15) is 0 Å². The number of ether oxygens (including phenoxy) is 1. The van der Waals surface area contributed by atoms with Crippen LogP contribution >= 0.6 is 0 Å². The van der Waals surface area contributed by atoms with Crippen LogP contribution in [0.15, 0.2) is 29.1 Å². The first-order chi connectivity index (χ1) is 12.5. The summed E-state index contributed by atoms with van der Waals surface area (Å²) in [6, 6.07) is 6.82. The van der Waals surface area contributed by atoms with Crippen molar-refractivity contribution in [3.63, 3.8) is 0 Å². The van der Waals surface area contributed by atoms with E-state index in [0.717, 1.165) is 12.8 Å². The van der Waals surface area contributed by atoms with Crippen LogP contribution in [0.3, 0.4) is 0 Å². The predicted octanol–water partition coefficient (Wildman–Crippen LogP) is 1.97. The van der Waals surface area contributed by atoms with E-state index in [2.05, 4.69) is 5.10 Å². The molecule has 0 unspecified atom stereocenters. The summed E-state index contributed by atoms with van der Waals surface area (Å²) < 4.78 is 6.67. The SMILES string of the molecule is CCCn1nc(C(=O)O[C@H](C)C(=O)N2CCCC2)c2ccccc2c1=O. The molecule has 2 aromatic rings. The first-order valence-electron chi connectivity index (χ1n) is 9.02. The van der Waals surface area contributed by atoms with Gasteiger partial charge >= 0.3 is 5.97 Å². The Labute approximate surface area is 151 Å². The maximum absolute atomic E-state index is 12.7. The van der Waals surface area contributed by atoms with Crippen LogP contribution in [0.4, 0.5) is 0 Å². The zero-order valence-corrected chi connectivity index (χ0v) is 15.1. The number of likely N-dealkylation sites (tertiary alicyclic amines) is 1. The molecular weight excluding hydrogens is 334 g/mol. The Hall–Kier alpha value is -2.70. The molecule has 3 rings (SSSR count). The van der Waals surface area contributed by atoms with Gasteiger partial charge in [0.25, 0.3) is 11.5 Å². The van der Waals surface area contributed by atoms with E-state index in [1.54, 1.807) is 36.1 Å². The van der Waals surface area contributed by atoms with Gasteiger partial charge in [-0.15, -0.1) is 0 Å². The van der Waals surface area contributed by atoms with Gasteiger partial charge in [0.05, 0.1) is 5.39 Å². The standard InChI is InChI=1S/C19H23N3O4/c1-3-10-22-18(24)15-9-5-4-8-14(15)16(20-22)19(25)26-13(2)17(23)21-11-6-7-12-21/h4-5,8-9,13H,3,6-7,10-12H2,1-2H3/t13-/m1/s1. The number of benzene rings is 1. The summed E-state index contributed by atoms with van der Waals surface area (Å²) in [4.78, 5) is 39.3. The summed E-state index contributed by atoms with van der Waals surface area (Å²) in [6.07, 6.45) is 1.78. The molecule has 1 aliphatic heterocycles. The van der Waals surface area contributed by atoms with Gasteiger partial charge in [0.2, 0.25) is 0 Å². The molecule has 1 fully saturated rings. The highest BCUT2D eigenvalue weighted by atomic mass is 16.5. The quantitative estimate of drug-likeness (QED) is 0.764. The lowest BCUT2D eigenvalue weighted by Gasteiger charge is -2.20. The highest BCUT2D eigenvalue weighted by Gasteiger charge is 2.27. The molecule has 0 radical (unpaired) electrons.